The lowest BCUT2D eigenvalue weighted by molar-refractivity contribution is -0.181. The number of rotatable bonds is 1. The molecule has 3 rings (SSSR count). The first kappa shape index (κ1) is 12.4. The summed E-state index contributed by atoms with van der Waals surface area (Å²) in [6.07, 6.45) is 2.84. The molecule has 6 nitrogen and oxygen atoms in total. The monoisotopic (exact) mass is 264 g/mol. The Morgan fingerprint density at radius 3 is 2.58 bits per heavy atom. The summed E-state index contributed by atoms with van der Waals surface area (Å²) in [5.41, 5.74) is 0.162. The Balaban J connectivity index is 1.68. The number of aromatic nitrogens is 1. The third kappa shape index (κ3) is 2.41. The second kappa shape index (κ2) is 4.79. The number of piperidine rings is 1. The molecule has 1 N–H and O–H groups in total. The van der Waals surface area contributed by atoms with E-state index in [0.717, 1.165) is 0 Å². The average molecular weight is 264 g/mol. The van der Waals surface area contributed by atoms with Crippen molar-refractivity contribution in [2.45, 2.75) is 18.6 Å². The van der Waals surface area contributed by atoms with E-state index in [1.54, 1.807) is 4.90 Å². The summed E-state index contributed by atoms with van der Waals surface area (Å²) < 4.78 is 11.2. The zero-order valence-corrected chi connectivity index (χ0v) is 10.6. The van der Waals surface area contributed by atoms with Gasteiger partial charge in [-0.1, -0.05) is 0 Å². The van der Waals surface area contributed by atoms with Crippen molar-refractivity contribution in [3.8, 4) is 0 Å². The van der Waals surface area contributed by atoms with Gasteiger partial charge in [0.05, 0.1) is 13.2 Å². The van der Waals surface area contributed by atoms with Gasteiger partial charge in [0.15, 0.2) is 11.2 Å². The Morgan fingerprint density at radius 1 is 1.26 bits per heavy atom. The van der Waals surface area contributed by atoms with E-state index in [2.05, 4.69) is 4.98 Å². The van der Waals surface area contributed by atoms with Crippen LogP contribution in [0, 0.1) is 0 Å². The molecule has 19 heavy (non-hydrogen) atoms. The fourth-order valence-corrected chi connectivity index (χ4v) is 2.58. The van der Waals surface area contributed by atoms with Gasteiger partial charge in [-0.2, -0.15) is 0 Å². The number of H-pyrrole nitrogens is 1. The lowest BCUT2D eigenvalue weighted by atomic mass is 10.0. The zero-order chi connectivity index (χ0) is 13.3. The molecule has 3 heterocycles. The molecule has 0 saturated carbocycles. The predicted octanol–water partition coefficient (Wildman–Crippen LogP) is 0.354. The number of likely N-dealkylation sites (tertiary alicyclic amines) is 1. The van der Waals surface area contributed by atoms with E-state index in [-0.39, 0.29) is 11.3 Å². The summed E-state index contributed by atoms with van der Waals surface area (Å²) in [6.45, 7) is 2.41. The van der Waals surface area contributed by atoms with Crippen molar-refractivity contribution in [2.75, 3.05) is 26.3 Å². The van der Waals surface area contributed by atoms with E-state index in [9.17, 15) is 9.59 Å². The van der Waals surface area contributed by atoms with E-state index in [1.807, 2.05) is 0 Å². The Labute approximate surface area is 110 Å². The van der Waals surface area contributed by atoms with Crippen LogP contribution >= 0.6 is 0 Å². The molecule has 0 unspecified atom stereocenters. The van der Waals surface area contributed by atoms with Crippen LogP contribution in [-0.4, -0.2) is 47.9 Å². The summed E-state index contributed by atoms with van der Waals surface area (Å²) >= 11 is 0. The van der Waals surface area contributed by atoms with Crippen LogP contribution in [-0.2, 0) is 9.47 Å². The number of nitrogens with zero attached hydrogens (tertiary/aromatic N) is 1. The lowest BCUT2D eigenvalue weighted by Crippen LogP contribution is -2.47. The lowest BCUT2D eigenvalue weighted by Gasteiger charge is -2.37. The zero-order valence-electron chi connectivity index (χ0n) is 10.6. The summed E-state index contributed by atoms with van der Waals surface area (Å²) in [5.74, 6) is -0.633. The quantitative estimate of drug-likeness (QED) is 0.794. The maximum Gasteiger partial charge on any atom is 0.270 e. The molecular weight excluding hydrogens is 248 g/mol. The van der Waals surface area contributed by atoms with Gasteiger partial charge in [-0.05, 0) is 0 Å². The van der Waals surface area contributed by atoms with E-state index in [1.165, 1.54) is 18.3 Å². The standard InChI is InChI=1S/C13H16N2O4/c16-10-1-4-14-11(9-10)12(17)15-5-2-13(3-6-15)18-7-8-19-13/h1,4,9H,2-3,5-8H2,(H,14,16). The average Bonchev–Trinajstić information content (AvgIpc) is 2.87. The second-order valence-electron chi connectivity index (χ2n) is 4.84. The number of nitrogens with one attached hydrogen (secondary N) is 1. The molecule has 0 aliphatic carbocycles. The molecule has 0 radical (unpaired) electrons. The molecular formula is C13H16N2O4. The highest BCUT2D eigenvalue weighted by Crippen LogP contribution is 2.31. The molecule has 6 heteroatoms. The summed E-state index contributed by atoms with van der Waals surface area (Å²) in [4.78, 5) is 28.0. The summed E-state index contributed by atoms with van der Waals surface area (Å²) in [6, 6.07) is 2.72. The minimum atomic E-state index is -0.485. The van der Waals surface area contributed by atoms with Gasteiger partial charge in [0.1, 0.15) is 5.69 Å². The molecule has 1 aromatic rings. The van der Waals surface area contributed by atoms with Gasteiger partial charge in [0.2, 0.25) is 0 Å². The molecule has 102 valence electrons. The largest absolute Gasteiger partial charge is 0.357 e. The number of aromatic amines is 1. The van der Waals surface area contributed by atoms with Crippen LogP contribution in [0.5, 0.6) is 0 Å². The number of hydrogen-bond donors (Lipinski definition) is 1. The summed E-state index contributed by atoms with van der Waals surface area (Å²) in [5, 5.41) is 0. The van der Waals surface area contributed by atoms with Gasteiger partial charge in [0.25, 0.3) is 5.91 Å². The Morgan fingerprint density at radius 2 is 1.95 bits per heavy atom. The number of carbonyl (C=O) groups excluding carboxylic acids is 1. The van der Waals surface area contributed by atoms with Gasteiger partial charge < -0.3 is 19.4 Å². The SMILES string of the molecule is O=C(c1cc(=O)cc[nH]1)N1CCC2(CC1)OCCO2. The molecule has 2 aliphatic heterocycles. The molecule has 2 saturated heterocycles. The number of amides is 1. The Bertz CT molecular complexity index is 523. The van der Waals surface area contributed by atoms with Crippen molar-refractivity contribution in [3.63, 3.8) is 0 Å². The van der Waals surface area contributed by atoms with Crippen molar-refractivity contribution in [2.24, 2.45) is 0 Å². The van der Waals surface area contributed by atoms with Crippen LogP contribution in [0.1, 0.15) is 23.3 Å². The van der Waals surface area contributed by atoms with Gasteiger partial charge >= 0.3 is 0 Å². The highest BCUT2D eigenvalue weighted by Gasteiger charge is 2.40. The molecule has 1 aromatic heterocycles. The third-order valence-electron chi connectivity index (χ3n) is 3.63. The van der Waals surface area contributed by atoms with Crippen molar-refractivity contribution in [1.82, 2.24) is 9.88 Å². The van der Waals surface area contributed by atoms with E-state index in [0.29, 0.717) is 44.8 Å². The third-order valence-corrected chi connectivity index (χ3v) is 3.63. The number of hydrogen-bond acceptors (Lipinski definition) is 4. The van der Waals surface area contributed by atoms with Crippen molar-refractivity contribution < 1.29 is 14.3 Å². The molecule has 1 amide bonds. The molecule has 2 fully saturated rings. The Kier molecular flexibility index (Phi) is 3.12. The van der Waals surface area contributed by atoms with Crippen molar-refractivity contribution in [1.29, 1.82) is 0 Å². The number of ether oxygens (including phenoxy) is 2. The second-order valence-corrected chi connectivity index (χ2v) is 4.84. The van der Waals surface area contributed by atoms with Gasteiger partial charge in [-0.3, -0.25) is 9.59 Å². The van der Waals surface area contributed by atoms with Crippen LogP contribution in [0.3, 0.4) is 0 Å². The fourth-order valence-electron chi connectivity index (χ4n) is 2.58. The molecule has 0 aromatic carbocycles. The first-order valence-electron chi connectivity index (χ1n) is 6.45. The van der Waals surface area contributed by atoms with E-state index in [4.69, 9.17) is 9.47 Å². The van der Waals surface area contributed by atoms with E-state index < -0.39 is 5.79 Å². The fraction of sp³-hybridized carbons (Fsp3) is 0.538. The minimum absolute atomic E-state index is 0.148. The normalized spacial score (nSPS) is 21.8. The topological polar surface area (TPSA) is 71.6 Å². The molecule has 2 aliphatic rings. The highest BCUT2D eigenvalue weighted by molar-refractivity contribution is 5.92. The van der Waals surface area contributed by atoms with Gasteiger partial charge in [-0.25, -0.2) is 0 Å². The summed E-state index contributed by atoms with van der Waals surface area (Å²) in [7, 11) is 0. The number of pyridine rings is 1. The van der Waals surface area contributed by atoms with Crippen molar-refractivity contribution >= 4 is 5.91 Å². The van der Waals surface area contributed by atoms with Crippen LogP contribution in [0.4, 0.5) is 0 Å². The van der Waals surface area contributed by atoms with E-state index >= 15 is 0 Å². The molecule has 0 bridgehead atoms. The maximum absolute atomic E-state index is 12.2. The van der Waals surface area contributed by atoms with Crippen LogP contribution < -0.4 is 5.43 Å². The highest BCUT2D eigenvalue weighted by atomic mass is 16.7. The van der Waals surface area contributed by atoms with Crippen LogP contribution in [0.25, 0.3) is 0 Å². The van der Waals surface area contributed by atoms with Crippen molar-refractivity contribution in [3.05, 3.63) is 34.2 Å². The maximum atomic E-state index is 12.2. The minimum Gasteiger partial charge on any atom is -0.357 e. The Hall–Kier alpha value is -1.66. The molecule has 1 spiro atoms. The van der Waals surface area contributed by atoms with Crippen LogP contribution in [0.2, 0.25) is 0 Å². The predicted molar refractivity (Wildman–Crippen MR) is 66.8 cm³/mol. The molecule has 0 atom stereocenters. The first-order valence-corrected chi connectivity index (χ1v) is 6.45. The van der Waals surface area contributed by atoms with Gasteiger partial charge in [-0.15, -0.1) is 0 Å². The number of carbonyl (C=O) groups is 1. The van der Waals surface area contributed by atoms with Crippen LogP contribution in [0.15, 0.2) is 23.1 Å². The van der Waals surface area contributed by atoms with Gasteiger partial charge in [0, 0.05) is 44.3 Å². The first-order chi connectivity index (χ1) is 9.19. The smallest absolute Gasteiger partial charge is 0.270 e.